The summed E-state index contributed by atoms with van der Waals surface area (Å²) >= 11 is 1.52. The monoisotopic (exact) mass is 306 g/mol. The van der Waals surface area contributed by atoms with E-state index in [0.29, 0.717) is 12.0 Å². The summed E-state index contributed by atoms with van der Waals surface area (Å²) < 4.78 is 0. The predicted molar refractivity (Wildman–Crippen MR) is 84.0 cm³/mol. The summed E-state index contributed by atoms with van der Waals surface area (Å²) in [7, 11) is 0. The fourth-order valence-corrected chi connectivity index (χ4v) is 3.64. The van der Waals surface area contributed by atoms with Gasteiger partial charge in [-0.3, -0.25) is 10.2 Å². The number of nitrogens with zero attached hydrogens (tertiary/aromatic N) is 3. The lowest BCUT2D eigenvalue weighted by Gasteiger charge is -2.29. The summed E-state index contributed by atoms with van der Waals surface area (Å²) in [6.07, 6.45) is 4.43. The van der Waals surface area contributed by atoms with Gasteiger partial charge >= 0.3 is 0 Å². The molecule has 112 valence electrons. The molecule has 0 radical (unpaired) electrons. The number of carbonyl (C=O) groups excluding carboxylic acids is 1. The van der Waals surface area contributed by atoms with Gasteiger partial charge in [0, 0.05) is 6.04 Å². The van der Waals surface area contributed by atoms with Crippen molar-refractivity contribution in [2.24, 2.45) is 11.6 Å². The normalized spacial score (nSPS) is 15.5. The van der Waals surface area contributed by atoms with Gasteiger partial charge in [-0.25, -0.2) is 10.8 Å². The van der Waals surface area contributed by atoms with Gasteiger partial charge in [0.05, 0.1) is 11.9 Å². The SMILES string of the molecule is NNc1nc(N(CC(N)=O)C2CCCC2)c2ccsc2n1. The van der Waals surface area contributed by atoms with E-state index in [1.54, 1.807) is 0 Å². The number of primary amides is 1. The third-order valence-electron chi connectivity index (χ3n) is 3.80. The Bertz CT molecular complexity index is 651. The fourth-order valence-electron chi connectivity index (χ4n) is 2.88. The molecule has 2 aromatic heterocycles. The lowest BCUT2D eigenvalue weighted by molar-refractivity contribution is -0.116. The van der Waals surface area contributed by atoms with Gasteiger partial charge in [0.25, 0.3) is 0 Å². The number of amides is 1. The van der Waals surface area contributed by atoms with Crippen LogP contribution in [0.2, 0.25) is 0 Å². The summed E-state index contributed by atoms with van der Waals surface area (Å²) in [6.45, 7) is 0.163. The molecule has 8 heteroatoms. The predicted octanol–water partition coefficient (Wildman–Crippen LogP) is 1.21. The Balaban J connectivity index is 2.08. The number of aromatic nitrogens is 2. The minimum atomic E-state index is -0.355. The first-order valence-corrected chi connectivity index (χ1v) is 7.84. The molecular weight excluding hydrogens is 288 g/mol. The number of thiophene rings is 1. The summed E-state index contributed by atoms with van der Waals surface area (Å²) in [5.74, 6) is 6.19. The average molecular weight is 306 g/mol. The summed E-state index contributed by atoms with van der Waals surface area (Å²) in [6, 6.07) is 2.26. The van der Waals surface area contributed by atoms with Crippen LogP contribution in [-0.4, -0.2) is 28.5 Å². The first kappa shape index (κ1) is 14.0. The fraction of sp³-hybridized carbons (Fsp3) is 0.462. The Morgan fingerprint density at radius 1 is 1.43 bits per heavy atom. The van der Waals surface area contributed by atoms with E-state index < -0.39 is 0 Å². The molecule has 0 spiro atoms. The van der Waals surface area contributed by atoms with Crippen LogP contribution in [0.15, 0.2) is 11.4 Å². The number of rotatable bonds is 5. The zero-order valence-electron chi connectivity index (χ0n) is 11.6. The van der Waals surface area contributed by atoms with E-state index >= 15 is 0 Å². The molecule has 7 nitrogen and oxygen atoms in total. The Labute approximate surface area is 126 Å². The third kappa shape index (κ3) is 2.77. The van der Waals surface area contributed by atoms with Crippen molar-refractivity contribution in [3.05, 3.63) is 11.4 Å². The van der Waals surface area contributed by atoms with Crippen molar-refractivity contribution >= 4 is 39.2 Å². The number of fused-ring (bicyclic) bond motifs is 1. The summed E-state index contributed by atoms with van der Waals surface area (Å²) in [4.78, 5) is 23.1. The van der Waals surface area contributed by atoms with Gasteiger partial charge in [-0.05, 0) is 24.3 Å². The van der Waals surface area contributed by atoms with Crippen molar-refractivity contribution in [2.75, 3.05) is 16.9 Å². The smallest absolute Gasteiger partial charge is 0.240 e. The average Bonchev–Trinajstić information content (AvgIpc) is 3.14. The molecule has 0 aliphatic heterocycles. The van der Waals surface area contributed by atoms with Crippen LogP contribution in [-0.2, 0) is 4.79 Å². The minimum Gasteiger partial charge on any atom is -0.368 e. The van der Waals surface area contributed by atoms with Crippen LogP contribution in [0.1, 0.15) is 25.7 Å². The molecule has 0 saturated heterocycles. The molecule has 1 saturated carbocycles. The Hall–Kier alpha value is -1.93. The van der Waals surface area contributed by atoms with Gasteiger partial charge in [0.15, 0.2) is 0 Å². The second-order valence-corrected chi connectivity index (χ2v) is 6.08. The van der Waals surface area contributed by atoms with Crippen LogP contribution < -0.4 is 21.9 Å². The summed E-state index contributed by atoms with van der Waals surface area (Å²) in [5, 5.41) is 2.90. The molecule has 1 fully saturated rings. The Morgan fingerprint density at radius 3 is 2.86 bits per heavy atom. The maximum absolute atomic E-state index is 11.5. The van der Waals surface area contributed by atoms with Crippen LogP contribution in [0.25, 0.3) is 10.2 Å². The molecule has 0 unspecified atom stereocenters. The quantitative estimate of drug-likeness (QED) is 0.566. The standard InChI is InChI=1S/C13H18N6OS/c14-10(20)7-19(8-3-1-2-4-8)11-9-5-6-21-12(9)17-13(16-11)18-15/h5-6,8H,1-4,7,15H2,(H2,14,20)(H,16,17,18). The zero-order chi connectivity index (χ0) is 14.8. The molecule has 0 atom stereocenters. The largest absolute Gasteiger partial charge is 0.368 e. The van der Waals surface area contributed by atoms with Crippen molar-refractivity contribution < 1.29 is 4.79 Å². The van der Waals surface area contributed by atoms with E-state index in [-0.39, 0.29) is 12.5 Å². The van der Waals surface area contributed by atoms with Crippen LogP contribution in [0.5, 0.6) is 0 Å². The van der Waals surface area contributed by atoms with Crippen LogP contribution >= 0.6 is 11.3 Å². The maximum atomic E-state index is 11.5. The second kappa shape index (κ2) is 5.82. The first-order chi connectivity index (χ1) is 10.2. The van der Waals surface area contributed by atoms with Gasteiger partial charge in [-0.2, -0.15) is 4.98 Å². The molecule has 1 aliphatic carbocycles. The molecule has 3 rings (SSSR count). The molecule has 0 bridgehead atoms. The first-order valence-electron chi connectivity index (χ1n) is 6.96. The lowest BCUT2D eigenvalue weighted by Crippen LogP contribution is -2.41. The van der Waals surface area contributed by atoms with Crippen LogP contribution in [0.3, 0.4) is 0 Å². The molecule has 2 heterocycles. The van der Waals surface area contributed by atoms with E-state index in [2.05, 4.69) is 15.4 Å². The van der Waals surface area contributed by atoms with Gasteiger partial charge in [0.1, 0.15) is 10.6 Å². The molecule has 21 heavy (non-hydrogen) atoms. The van der Waals surface area contributed by atoms with Crippen molar-refractivity contribution in [1.82, 2.24) is 9.97 Å². The Kier molecular flexibility index (Phi) is 3.89. The number of carbonyl (C=O) groups is 1. The number of nitrogen functional groups attached to an aromatic ring is 1. The van der Waals surface area contributed by atoms with Crippen LogP contribution in [0.4, 0.5) is 11.8 Å². The van der Waals surface area contributed by atoms with Gasteiger partial charge in [0.2, 0.25) is 11.9 Å². The van der Waals surface area contributed by atoms with E-state index in [1.165, 1.54) is 24.2 Å². The van der Waals surface area contributed by atoms with Crippen LogP contribution in [0, 0.1) is 0 Å². The topological polar surface area (TPSA) is 110 Å². The highest BCUT2D eigenvalue weighted by Crippen LogP contribution is 2.33. The van der Waals surface area contributed by atoms with Gasteiger partial charge in [-0.1, -0.05) is 12.8 Å². The van der Waals surface area contributed by atoms with Crippen molar-refractivity contribution in [3.63, 3.8) is 0 Å². The molecule has 1 amide bonds. The highest BCUT2D eigenvalue weighted by Gasteiger charge is 2.27. The molecule has 1 aliphatic rings. The third-order valence-corrected chi connectivity index (χ3v) is 4.60. The number of anilines is 2. The lowest BCUT2D eigenvalue weighted by atomic mass is 10.2. The van der Waals surface area contributed by atoms with Gasteiger partial charge < -0.3 is 10.6 Å². The maximum Gasteiger partial charge on any atom is 0.240 e. The van der Waals surface area contributed by atoms with E-state index in [0.717, 1.165) is 28.9 Å². The van der Waals surface area contributed by atoms with Crippen molar-refractivity contribution in [2.45, 2.75) is 31.7 Å². The Morgan fingerprint density at radius 2 is 2.19 bits per heavy atom. The van der Waals surface area contributed by atoms with E-state index in [9.17, 15) is 4.79 Å². The molecule has 5 N–H and O–H groups in total. The number of hydrazine groups is 1. The zero-order valence-corrected chi connectivity index (χ0v) is 12.4. The minimum absolute atomic E-state index is 0.163. The van der Waals surface area contributed by atoms with E-state index in [4.69, 9.17) is 11.6 Å². The van der Waals surface area contributed by atoms with Crippen molar-refractivity contribution in [1.29, 1.82) is 0 Å². The molecular formula is C13H18N6OS. The highest BCUT2D eigenvalue weighted by molar-refractivity contribution is 7.16. The number of nitrogens with one attached hydrogen (secondary N) is 1. The summed E-state index contributed by atoms with van der Waals surface area (Å²) in [5.41, 5.74) is 7.92. The van der Waals surface area contributed by atoms with E-state index in [1.807, 2.05) is 16.3 Å². The van der Waals surface area contributed by atoms with Gasteiger partial charge in [-0.15, -0.1) is 11.3 Å². The number of hydrogen-bond acceptors (Lipinski definition) is 7. The molecule has 0 aromatic carbocycles. The highest BCUT2D eigenvalue weighted by atomic mass is 32.1. The van der Waals surface area contributed by atoms with Crippen molar-refractivity contribution in [3.8, 4) is 0 Å². The number of hydrogen-bond donors (Lipinski definition) is 3. The molecule has 2 aromatic rings. The number of nitrogens with two attached hydrogens (primary N) is 2. The second-order valence-electron chi connectivity index (χ2n) is 5.19.